The van der Waals surface area contributed by atoms with Gasteiger partial charge in [-0.1, -0.05) is 27.7 Å². The lowest BCUT2D eigenvalue weighted by molar-refractivity contribution is 0.0163. The monoisotopic (exact) mass is 270 g/mol. The molecule has 0 spiro atoms. The van der Waals surface area contributed by atoms with E-state index < -0.39 is 9.05 Å². The molecule has 0 aliphatic heterocycles. The van der Waals surface area contributed by atoms with E-state index in [2.05, 4.69) is 0 Å². The van der Waals surface area contributed by atoms with E-state index >= 15 is 0 Å². The number of rotatable bonds is 6. The van der Waals surface area contributed by atoms with Gasteiger partial charge in [-0.15, -0.1) is 0 Å². The summed E-state index contributed by atoms with van der Waals surface area (Å²) in [6.07, 6.45) is 1.08. The fraction of sp³-hybridized carbons (Fsp3) is 1.00. The summed E-state index contributed by atoms with van der Waals surface area (Å²) in [7, 11) is 1.83. The first-order chi connectivity index (χ1) is 7.06. The molecule has 2 unspecified atom stereocenters. The Balaban J connectivity index is 4.47. The van der Waals surface area contributed by atoms with Gasteiger partial charge in [-0.3, -0.25) is 0 Å². The van der Waals surface area contributed by atoms with Crippen LogP contribution in [0.25, 0.3) is 0 Å². The van der Waals surface area contributed by atoms with Crippen molar-refractivity contribution in [2.75, 3.05) is 12.4 Å². The first-order valence-electron chi connectivity index (χ1n) is 5.60. The van der Waals surface area contributed by atoms with Crippen molar-refractivity contribution in [3.05, 3.63) is 0 Å². The molecule has 0 aromatic heterocycles. The molecule has 0 amide bonds. The third-order valence-electron chi connectivity index (χ3n) is 2.78. The van der Waals surface area contributed by atoms with E-state index in [4.69, 9.17) is 15.4 Å². The predicted octanol–water partition coefficient (Wildman–Crippen LogP) is 3.03. The maximum absolute atomic E-state index is 11.1. The lowest BCUT2D eigenvalue weighted by Crippen LogP contribution is -2.32. The fourth-order valence-corrected chi connectivity index (χ4v) is 2.72. The molecule has 0 radical (unpaired) electrons. The molecule has 0 bridgehead atoms. The van der Waals surface area contributed by atoms with Gasteiger partial charge in [0, 0.05) is 16.6 Å². The minimum absolute atomic E-state index is 0.0332. The molecule has 0 aromatic carbocycles. The Morgan fingerprint density at radius 3 is 2.12 bits per heavy atom. The second-order valence-corrected chi connectivity index (χ2v) is 8.14. The molecule has 2 atom stereocenters. The molecular formula is C11H23ClO3S. The van der Waals surface area contributed by atoms with Gasteiger partial charge < -0.3 is 4.74 Å². The second-order valence-electron chi connectivity index (χ2n) is 5.32. The average Bonchev–Trinajstić information content (AvgIpc) is 2.08. The molecule has 5 heteroatoms. The molecule has 0 N–H and O–H groups in total. The molecule has 0 fully saturated rings. The van der Waals surface area contributed by atoms with E-state index in [0.717, 1.165) is 6.42 Å². The van der Waals surface area contributed by atoms with Crippen molar-refractivity contribution in [3.63, 3.8) is 0 Å². The van der Waals surface area contributed by atoms with Crippen LogP contribution in [0.1, 0.15) is 41.0 Å². The highest BCUT2D eigenvalue weighted by Crippen LogP contribution is 2.28. The highest BCUT2D eigenvalue weighted by Gasteiger charge is 2.29. The summed E-state index contributed by atoms with van der Waals surface area (Å²) in [6.45, 7) is 10.5. The zero-order valence-corrected chi connectivity index (χ0v) is 12.4. The van der Waals surface area contributed by atoms with Crippen molar-refractivity contribution >= 4 is 19.7 Å². The Labute approximate surface area is 104 Å². The minimum Gasteiger partial charge on any atom is -0.378 e. The second kappa shape index (κ2) is 6.22. The number of ether oxygens (including phenoxy) is 1. The summed E-state index contributed by atoms with van der Waals surface area (Å²) in [5, 5.41) is 0. The molecular weight excluding hydrogens is 248 g/mol. The molecule has 0 rings (SSSR count). The van der Waals surface area contributed by atoms with Crippen molar-refractivity contribution in [2.24, 2.45) is 11.3 Å². The van der Waals surface area contributed by atoms with Crippen molar-refractivity contribution in [1.29, 1.82) is 0 Å². The van der Waals surface area contributed by atoms with Gasteiger partial charge in [0.15, 0.2) is 0 Å². The van der Waals surface area contributed by atoms with E-state index in [9.17, 15) is 8.42 Å². The van der Waals surface area contributed by atoms with E-state index in [1.807, 2.05) is 34.6 Å². The summed E-state index contributed by atoms with van der Waals surface area (Å²) in [6, 6.07) is 0. The summed E-state index contributed by atoms with van der Waals surface area (Å²) in [5.41, 5.74) is -0.130. The van der Waals surface area contributed by atoms with Gasteiger partial charge in [0.2, 0.25) is 9.05 Å². The topological polar surface area (TPSA) is 43.4 Å². The summed E-state index contributed by atoms with van der Waals surface area (Å²) >= 11 is 0. The van der Waals surface area contributed by atoms with E-state index in [-0.39, 0.29) is 23.2 Å². The third-order valence-corrected chi connectivity index (χ3v) is 3.96. The first-order valence-corrected chi connectivity index (χ1v) is 8.08. The Morgan fingerprint density at radius 1 is 1.31 bits per heavy atom. The molecule has 0 aliphatic rings. The highest BCUT2D eigenvalue weighted by molar-refractivity contribution is 8.13. The molecule has 0 aromatic rings. The molecule has 0 aliphatic carbocycles. The maximum Gasteiger partial charge on any atom is 0.232 e. The van der Waals surface area contributed by atoms with Crippen LogP contribution in [0.15, 0.2) is 0 Å². The maximum atomic E-state index is 11.1. The molecule has 0 heterocycles. The van der Waals surface area contributed by atoms with Gasteiger partial charge in [0.1, 0.15) is 0 Å². The minimum atomic E-state index is -3.47. The van der Waals surface area contributed by atoms with Gasteiger partial charge >= 0.3 is 0 Å². The van der Waals surface area contributed by atoms with Crippen LogP contribution in [-0.4, -0.2) is 26.9 Å². The Morgan fingerprint density at radius 2 is 1.81 bits per heavy atom. The van der Waals surface area contributed by atoms with Crippen LogP contribution in [0.5, 0.6) is 0 Å². The van der Waals surface area contributed by atoms with Crippen molar-refractivity contribution in [1.82, 2.24) is 0 Å². The van der Waals surface area contributed by atoms with Crippen LogP contribution in [0.2, 0.25) is 0 Å². The van der Waals surface area contributed by atoms with Crippen LogP contribution in [-0.2, 0) is 13.8 Å². The highest BCUT2D eigenvalue weighted by atomic mass is 35.7. The largest absolute Gasteiger partial charge is 0.378 e. The standard InChI is InChI=1S/C11H23ClO3S/c1-6-9(2)15-7-10(11(3,4)5)8-16(12,13)14/h9-10H,6-8H2,1-5H3. The molecule has 98 valence electrons. The lowest BCUT2D eigenvalue weighted by Gasteiger charge is -2.30. The third kappa shape index (κ3) is 7.47. The van der Waals surface area contributed by atoms with Gasteiger partial charge in [0.05, 0.1) is 18.5 Å². The molecule has 3 nitrogen and oxygen atoms in total. The Hall–Kier alpha value is 0.200. The van der Waals surface area contributed by atoms with E-state index in [1.54, 1.807) is 0 Å². The van der Waals surface area contributed by atoms with Gasteiger partial charge in [-0.25, -0.2) is 8.42 Å². The average molecular weight is 271 g/mol. The van der Waals surface area contributed by atoms with Gasteiger partial charge in [0.25, 0.3) is 0 Å². The fourth-order valence-electron chi connectivity index (χ4n) is 1.19. The predicted molar refractivity (Wildman–Crippen MR) is 68.3 cm³/mol. The van der Waals surface area contributed by atoms with Crippen LogP contribution in [0.4, 0.5) is 0 Å². The normalized spacial score (nSPS) is 17.1. The van der Waals surface area contributed by atoms with Crippen molar-refractivity contribution in [2.45, 2.75) is 47.1 Å². The van der Waals surface area contributed by atoms with Crippen LogP contribution < -0.4 is 0 Å². The molecule has 16 heavy (non-hydrogen) atoms. The van der Waals surface area contributed by atoms with Crippen molar-refractivity contribution < 1.29 is 13.2 Å². The van der Waals surface area contributed by atoms with Crippen LogP contribution >= 0.6 is 10.7 Å². The van der Waals surface area contributed by atoms with Crippen LogP contribution in [0.3, 0.4) is 0 Å². The van der Waals surface area contributed by atoms with Crippen molar-refractivity contribution in [3.8, 4) is 0 Å². The SMILES string of the molecule is CCC(C)OCC(CS(=O)(=O)Cl)C(C)(C)C. The zero-order valence-electron chi connectivity index (χ0n) is 10.8. The van der Waals surface area contributed by atoms with Gasteiger partial charge in [-0.2, -0.15) is 0 Å². The summed E-state index contributed by atoms with van der Waals surface area (Å²) < 4.78 is 27.8. The lowest BCUT2D eigenvalue weighted by atomic mass is 9.82. The van der Waals surface area contributed by atoms with E-state index in [0.29, 0.717) is 6.61 Å². The molecule has 0 saturated carbocycles. The van der Waals surface area contributed by atoms with Crippen LogP contribution in [0, 0.1) is 11.3 Å². The molecule has 0 saturated heterocycles. The summed E-state index contributed by atoms with van der Waals surface area (Å²) in [5.74, 6) is -0.113. The number of halogens is 1. The first kappa shape index (κ1) is 16.2. The number of hydrogen-bond acceptors (Lipinski definition) is 3. The van der Waals surface area contributed by atoms with Gasteiger partial charge in [-0.05, 0) is 18.8 Å². The summed E-state index contributed by atoms with van der Waals surface area (Å²) in [4.78, 5) is 0. The Bertz CT molecular complexity index is 293. The number of hydrogen-bond donors (Lipinski definition) is 0. The van der Waals surface area contributed by atoms with E-state index in [1.165, 1.54) is 0 Å². The smallest absolute Gasteiger partial charge is 0.232 e. The zero-order chi connectivity index (χ0) is 13.0. The quantitative estimate of drug-likeness (QED) is 0.697. The Kier molecular flexibility index (Phi) is 6.30.